The Morgan fingerprint density at radius 2 is 1.06 bits per heavy atom. The number of hydrogen-bond donors (Lipinski definition) is 0. The van der Waals surface area contributed by atoms with E-state index in [4.69, 9.17) is 23.7 Å². The molecule has 0 saturated carbocycles. The molecular weight excluding hydrogens is 773 g/mol. The first-order chi connectivity index (χ1) is 30.5. The van der Waals surface area contributed by atoms with Crippen LogP contribution in [0.1, 0.15) is 62.8 Å². The predicted molar refractivity (Wildman–Crippen MR) is 238 cm³/mol. The van der Waals surface area contributed by atoms with E-state index < -0.39 is 11.4 Å². The van der Waals surface area contributed by atoms with E-state index in [1.165, 1.54) is 38.9 Å². The number of fused-ring (bicyclic) bond motifs is 4. The van der Waals surface area contributed by atoms with Crippen molar-refractivity contribution in [3.8, 4) is 34.1 Å². The van der Waals surface area contributed by atoms with E-state index in [2.05, 4.69) is 116 Å². The molecule has 0 N–H and O–H groups in total. The summed E-state index contributed by atoms with van der Waals surface area (Å²) in [6.45, 7) is 4.16. The van der Waals surface area contributed by atoms with Gasteiger partial charge in [0.25, 0.3) is 0 Å². The molecule has 0 aromatic heterocycles. The Hall–Kier alpha value is -7.38. The first-order valence-electron chi connectivity index (χ1n) is 21.1. The zero-order valence-electron chi connectivity index (χ0n) is 34.1. The highest BCUT2D eigenvalue weighted by Gasteiger charge is 2.48. The molecule has 7 aromatic rings. The van der Waals surface area contributed by atoms with Gasteiger partial charge in [-0.2, -0.15) is 0 Å². The molecule has 11 rings (SSSR count). The molecule has 7 aromatic carbocycles. The number of esters is 2. The van der Waals surface area contributed by atoms with Gasteiger partial charge in [-0.3, -0.25) is 4.79 Å². The second-order valence-corrected chi connectivity index (χ2v) is 15.8. The highest BCUT2D eigenvalue weighted by atomic mass is 16.6. The van der Waals surface area contributed by atoms with Crippen molar-refractivity contribution >= 4 is 11.9 Å². The SMILES string of the molecule is C=CC(=O)OCCOc1ccc(C2(c3ccc(OCCOC(=O)C4CC5c6ccccc6C4c4ccc(Oc6ccccc6)cc45)cc3)c3ccccc3-c3ccccc32)cc1. The van der Waals surface area contributed by atoms with Gasteiger partial charge in [0, 0.05) is 17.9 Å². The Bertz CT molecular complexity index is 2730. The summed E-state index contributed by atoms with van der Waals surface area (Å²) >= 11 is 0. The van der Waals surface area contributed by atoms with Crippen molar-refractivity contribution in [2.45, 2.75) is 23.7 Å². The van der Waals surface area contributed by atoms with Crippen molar-refractivity contribution in [2.24, 2.45) is 5.92 Å². The van der Waals surface area contributed by atoms with Crippen molar-refractivity contribution in [1.29, 1.82) is 0 Å². The standard InChI is InChI=1S/C55H44O7/c1-2-52(56)60-32-30-58-38-24-20-36(21-25-38)55(50-18-10-8-15-43(50)44-16-9-11-19-51(44)55)37-22-26-39(27-23-37)59-31-33-61-54(57)49-35-48-42-14-6-7-17-45(42)53(49)46-29-28-41(34-47(46)48)62-40-12-4-3-5-13-40/h2-29,34,48-49,53H,1,30-33,35H2. The van der Waals surface area contributed by atoms with Crippen LogP contribution in [0.5, 0.6) is 23.0 Å². The number of hydrogen-bond acceptors (Lipinski definition) is 7. The van der Waals surface area contributed by atoms with Crippen molar-refractivity contribution in [3.63, 3.8) is 0 Å². The second kappa shape index (κ2) is 16.6. The maximum atomic E-state index is 13.9. The zero-order chi connectivity index (χ0) is 42.0. The van der Waals surface area contributed by atoms with Crippen LogP contribution in [0.15, 0.2) is 183 Å². The molecule has 0 amide bonds. The highest BCUT2D eigenvalue weighted by Crippen LogP contribution is 2.58. The average molecular weight is 817 g/mol. The summed E-state index contributed by atoms with van der Waals surface area (Å²) in [5, 5.41) is 0. The summed E-state index contributed by atoms with van der Waals surface area (Å²) in [5.74, 6) is 1.97. The first-order valence-corrected chi connectivity index (χ1v) is 21.1. The molecule has 3 atom stereocenters. The number of ether oxygens (including phenoxy) is 5. The second-order valence-electron chi connectivity index (χ2n) is 15.8. The minimum absolute atomic E-state index is 0.0757. The van der Waals surface area contributed by atoms with Gasteiger partial charge in [0.1, 0.15) is 49.4 Å². The van der Waals surface area contributed by atoms with Crippen LogP contribution in [-0.2, 0) is 24.5 Å². The molecule has 4 aliphatic rings. The number of rotatable bonds is 14. The van der Waals surface area contributed by atoms with Gasteiger partial charge in [0.15, 0.2) is 0 Å². The lowest BCUT2D eigenvalue weighted by Crippen LogP contribution is -2.37. The Kier molecular flexibility index (Phi) is 10.4. The number of carbonyl (C=O) groups excluding carboxylic acids is 2. The Balaban J connectivity index is 0.841. The van der Waals surface area contributed by atoms with Crippen LogP contribution >= 0.6 is 0 Å². The van der Waals surface area contributed by atoms with Crippen molar-refractivity contribution in [3.05, 3.63) is 227 Å². The van der Waals surface area contributed by atoms with Crippen LogP contribution in [0.4, 0.5) is 0 Å². The van der Waals surface area contributed by atoms with Gasteiger partial charge in [-0.25, -0.2) is 4.79 Å². The van der Waals surface area contributed by atoms with Crippen LogP contribution in [0, 0.1) is 5.92 Å². The molecule has 306 valence electrons. The topological polar surface area (TPSA) is 80.3 Å². The summed E-state index contributed by atoms with van der Waals surface area (Å²) < 4.78 is 29.4. The molecular formula is C55H44O7. The third kappa shape index (κ3) is 6.89. The molecule has 0 fully saturated rings. The fraction of sp³-hybridized carbons (Fsp3) is 0.164. The molecule has 4 aliphatic carbocycles. The van der Waals surface area contributed by atoms with Crippen LogP contribution < -0.4 is 14.2 Å². The third-order valence-corrected chi connectivity index (χ3v) is 12.5. The summed E-state index contributed by atoms with van der Waals surface area (Å²) in [6, 6.07) is 58.1. The zero-order valence-corrected chi connectivity index (χ0v) is 34.1. The minimum atomic E-state index is -0.605. The summed E-state index contributed by atoms with van der Waals surface area (Å²) in [7, 11) is 0. The van der Waals surface area contributed by atoms with Crippen LogP contribution in [0.3, 0.4) is 0 Å². The lowest BCUT2D eigenvalue weighted by atomic mass is 9.59. The van der Waals surface area contributed by atoms with Gasteiger partial charge in [0.05, 0.1) is 11.3 Å². The molecule has 0 spiro atoms. The van der Waals surface area contributed by atoms with Crippen molar-refractivity contribution < 1.29 is 33.3 Å². The molecule has 7 heteroatoms. The fourth-order valence-electron chi connectivity index (χ4n) is 9.98. The molecule has 0 aliphatic heterocycles. The van der Waals surface area contributed by atoms with Gasteiger partial charge >= 0.3 is 11.9 Å². The number of carbonyl (C=O) groups is 2. The van der Waals surface area contributed by atoms with E-state index in [1.807, 2.05) is 60.7 Å². The van der Waals surface area contributed by atoms with Gasteiger partial charge in [-0.1, -0.05) is 128 Å². The lowest BCUT2D eigenvalue weighted by Gasteiger charge is -2.44. The largest absolute Gasteiger partial charge is 0.490 e. The van der Waals surface area contributed by atoms with Gasteiger partial charge in [-0.05, 0) is 111 Å². The summed E-state index contributed by atoms with van der Waals surface area (Å²) in [4.78, 5) is 25.3. The Morgan fingerprint density at radius 3 is 1.69 bits per heavy atom. The monoisotopic (exact) mass is 816 g/mol. The van der Waals surface area contributed by atoms with Crippen LogP contribution in [0.25, 0.3) is 11.1 Å². The summed E-state index contributed by atoms with van der Waals surface area (Å²) in [6.07, 6.45) is 1.82. The average Bonchev–Trinajstić information content (AvgIpc) is 3.63. The molecule has 2 bridgehead atoms. The van der Waals surface area contributed by atoms with E-state index in [0.717, 1.165) is 34.3 Å². The lowest BCUT2D eigenvalue weighted by molar-refractivity contribution is -0.150. The molecule has 62 heavy (non-hydrogen) atoms. The van der Waals surface area contributed by atoms with E-state index in [0.29, 0.717) is 17.9 Å². The summed E-state index contributed by atoms with van der Waals surface area (Å²) in [5.41, 5.74) is 11.2. The first kappa shape index (κ1) is 38.8. The minimum Gasteiger partial charge on any atom is -0.490 e. The van der Waals surface area contributed by atoms with E-state index in [-0.39, 0.29) is 50.2 Å². The molecule has 7 nitrogen and oxygen atoms in total. The maximum Gasteiger partial charge on any atom is 0.330 e. The van der Waals surface area contributed by atoms with Crippen molar-refractivity contribution in [2.75, 3.05) is 26.4 Å². The normalized spacial score (nSPS) is 17.1. The Morgan fingerprint density at radius 1 is 0.532 bits per heavy atom. The number of benzene rings is 7. The van der Waals surface area contributed by atoms with E-state index in [1.54, 1.807) is 0 Å². The van der Waals surface area contributed by atoms with Gasteiger partial charge in [-0.15, -0.1) is 0 Å². The Labute approximate surface area is 361 Å². The maximum absolute atomic E-state index is 13.9. The molecule has 3 unspecified atom stereocenters. The van der Waals surface area contributed by atoms with E-state index in [9.17, 15) is 9.59 Å². The smallest absolute Gasteiger partial charge is 0.330 e. The van der Waals surface area contributed by atoms with Crippen molar-refractivity contribution in [1.82, 2.24) is 0 Å². The molecule has 0 saturated heterocycles. The van der Waals surface area contributed by atoms with Crippen LogP contribution in [-0.4, -0.2) is 38.4 Å². The quantitative estimate of drug-likeness (QED) is 0.0614. The molecule has 0 heterocycles. The van der Waals surface area contributed by atoms with Gasteiger partial charge < -0.3 is 23.7 Å². The highest BCUT2D eigenvalue weighted by molar-refractivity contribution is 5.86. The van der Waals surface area contributed by atoms with Crippen LogP contribution in [0.2, 0.25) is 0 Å². The number of para-hydroxylation sites is 1. The third-order valence-electron chi connectivity index (χ3n) is 12.5. The predicted octanol–water partition coefficient (Wildman–Crippen LogP) is 11.2. The van der Waals surface area contributed by atoms with Gasteiger partial charge in [0.2, 0.25) is 0 Å². The molecule has 0 radical (unpaired) electrons. The van der Waals surface area contributed by atoms with E-state index >= 15 is 0 Å². The fourth-order valence-corrected chi connectivity index (χ4v) is 9.98.